The summed E-state index contributed by atoms with van der Waals surface area (Å²) in [5.74, 6) is 0.530. The lowest BCUT2D eigenvalue weighted by Gasteiger charge is -2.10. The molecule has 0 aliphatic carbocycles. The smallest absolute Gasteiger partial charge is 0.333 e. The minimum Gasteiger partial charge on any atom is -0.489 e. The number of nitrogens with two attached hydrogens (primary N) is 1. The predicted molar refractivity (Wildman–Crippen MR) is 166 cm³/mol. The number of allylic oxidation sites excluding steroid dienone is 2. The van der Waals surface area contributed by atoms with E-state index < -0.39 is 0 Å². The lowest BCUT2D eigenvalue weighted by molar-refractivity contribution is -0.138. The van der Waals surface area contributed by atoms with E-state index in [0.717, 1.165) is 45.0 Å². The summed E-state index contributed by atoms with van der Waals surface area (Å²) >= 11 is 1.54. The number of benzene rings is 3. The summed E-state index contributed by atoms with van der Waals surface area (Å²) < 4.78 is 10.9. The van der Waals surface area contributed by atoms with Crippen LogP contribution in [0.15, 0.2) is 108 Å². The number of carbonyl (C=O) groups excluding carboxylic acids is 2. The number of esters is 1. The zero-order valence-electron chi connectivity index (χ0n) is 23.7. The van der Waals surface area contributed by atoms with E-state index in [2.05, 4.69) is 4.98 Å². The van der Waals surface area contributed by atoms with Gasteiger partial charge in [-0.05, 0) is 68.2 Å². The minimum absolute atomic E-state index is 0.189. The number of nitrogens with zero attached hydrogens (tertiary/aromatic N) is 1. The molecule has 3 aromatic carbocycles. The zero-order valence-corrected chi connectivity index (χ0v) is 24.5. The Labute approximate surface area is 246 Å². The van der Waals surface area contributed by atoms with Crippen LogP contribution in [0.4, 0.5) is 0 Å². The van der Waals surface area contributed by atoms with Crippen molar-refractivity contribution in [1.29, 1.82) is 0 Å². The van der Waals surface area contributed by atoms with Crippen LogP contribution in [0.1, 0.15) is 59.0 Å². The van der Waals surface area contributed by atoms with E-state index in [0.29, 0.717) is 25.2 Å². The molecular weight excluding hydrogens is 532 g/mol. The summed E-state index contributed by atoms with van der Waals surface area (Å²) in [5.41, 5.74) is 11.7. The Kier molecular flexibility index (Phi) is 12.7. The molecule has 2 N–H and O–H groups in total. The van der Waals surface area contributed by atoms with Crippen molar-refractivity contribution in [3.05, 3.63) is 135 Å². The molecular formula is C34H36N2O4S. The monoisotopic (exact) mass is 568 g/mol. The van der Waals surface area contributed by atoms with Crippen molar-refractivity contribution in [3.63, 3.8) is 0 Å². The fourth-order valence-electron chi connectivity index (χ4n) is 3.79. The molecule has 0 fully saturated rings. The van der Waals surface area contributed by atoms with Gasteiger partial charge in [0.05, 0.1) is 18.3 Å². The van der Waals surface area contributed by atoms with Gasteiger partial charge in [-0.3, -0.25) is 4.79 Å². The maximum atomic E-state index is 11.8. The van der Waals surface area contributed by atoms with Crippen molar-refractivity contribution in [3.8, 4) is 5.75 Å². The third-order valence-electron chi connectivity index (χ3n) is 5.84. The van der Waals surface area contributed by atoms with Crippen molar-refractivity contribution >= 4 is 29.7 Å². The molecule has 212 valence electrons. The topological polar surface area (TPSA) is 91.5 Å². The van der Waals surface area contributed by atoms with E-state index in [1.54, 1.807) is 43.4 Å². The van der Waals surface area contributed by atoms with Gasteiger partial charge in [-0.1, -0.05) is 72.8 Å². The molecule has 0 aliphatic rings. The summed E-state index contributed by atoms with van der Waals surface area (Å²) in [4.78, 5) is 26.4. The van der Waals surface area contributed by atoms with Gasteiger partial charge in [0, 0.05) is 16.5 Å². The SMILES string of the molecule is CCOC(=O)/C(C)=C\C(C)=C\c1csc(C(N)Cc2ccc(OCc3ccccc3)cc2)n1.O=Cc1ccccc1. The van der Waals surface area contributed by atoms with Gasteiger partial charge in [-0.25, -0.2) is 9.78 Å². The summed E-state index contributed by atoms with van der Waals surface area (Å²) in [5, 5.41) is 2.86. The van der Waals surface area contributed by atoms with Crippen LogP contribution in [0.2, 0.25) is 0 Å². The van der Waals surface area contributed by atoms with Gasteiger partial charge >= 0.3 is 5.97 Å². The number of hydrogen-bond acceptors (Lipinski definition) is 7. The van der Waals surface area contributed by atoms with Crippen LogP contribution in [0.5, 0.6) is 5.75 Å². The summed E-state index contributed by atoms with van der Waals surface area (Å²) in [6.07, 6.45) is 5.27. The molecule has 1 atom stereocenters. The van der Waals surface area contributed by atoms with Gasteiger partial charge in [-0.2, -0.15) is 0 Å². The molecule has 1 heterocycles. The summed E-state index contributed by atoms with van der Waals surface area (Å²) in [6, 6.07) is 27.0. The second-order valence-electron chi connectivity index (χ2n) is 9.30. The largest absolute Gasteiger partial charge is 0.489 e. The first kappa shape index (κ1) is 31.2. The van der Waals surface area contributed by atoms with Crippen LogP contribution < -0.4 is 10.5 Å². The average molecular weight is 569 g/mol. The molecule has 41 heavy (non-hydrogen) atoms. The third kappa shape index (κ3) is 11.0. The van der Waals surface area contributed by atoms with Crippen molar-refractivity contribution in [2.24, 2.45) is 5.73 Å². The van der Waals surface area contributed by atoms with Gasteiger partial charge in [0.1, 0.15) is 23.7 Å². The molecule has 0 aliphatic heterocycles. The highest BCUT2D eigenvalue weighted by Gasteiger charge is 2.12. The van der Waals surface area contributed by atoms with Crippen molar-refractivity contribution < 1.29 is 19.1 Å². The number of aromatic nitrogens is 1. The molecule has 1 aromatic heterocycles. The zero-order chi connectivity index (χ0) is 29.5. The molecule has 7 heteroatoms. The van der Waals surface area contributed by atoms with Crippen LogP contribution in [0, 0.1) is 0 Å². The molecule has 4 rings (SSSR count). The van der Waals surface area contributed by atoms with E-state index in [1.165, 1.54) is 0 Å². The lowest BCUT2D eigenvalue weighted by atomic mass is 10.1. The first-order valence-electron chi connectivity index (χ1n) is 13.4. The Morgan fingerprint density at radius 1 is 0.951 bits per heavy atom. The second kappa shape index (κ2) is 16.7. The molecule has 6 nitrogen and oxygen atoms in total. The Morgan fingerprint density at radius 2 is 1.61 bits per heavy atom. The quantitative estimate of drug-likeness (QED) is 0.0879. The standard InChI is InChI=1S/C27H30N2O3S.C7H6O/c1-4-31-27(30)20(3)14-19(2)15-23-18-33-26(29-23)25(28)16-21-10-12-24(13-11-21)32-17-22-8-6-5-7-9-22;8-6-7-4-2-1-3-5-7/h5-15,18,25H,4,16-17,28H2,1-3H3;1-6H/b19-15+,20-14-;. The highest BCUT2D eigenvalue weighted by molar-refractivity contribution is 7.09. The van der Waals surface area contributed by atoms with E-state index in [4.69, 9.17) is 15.2 Å². The number of aldehydes is 1. The Hall–Kier alpha value is -4.33. The molecule has 1 unspecified atom stereocenters. The first-order chi connectivity index (χ1) is 19.9. The summed E-state index contributed by atoms with van der Waals surface area (Å²) in [6.45, 7) is 6.38. The fourth-order valence-corrected chi connectivity index (χ4v) is 4.57. The molecule has 0 radical (unpaired) electrons. The van der Waals surface area contributed by atoms with Gasteiger partial charge in [0.15, 0.2) is 0 Å². The maximum Gasteiger partial charge on any atom is 0.333 e. The molecule has 0 spiro atoms. The Balaban J connectivity index is 0.000000496. The van der Waals surface area contributed by atoms with Gasteiger partial charge in [0.25, 0.3) is 0 Å². The molecule has 0 amide bonds. The van der Waals surface area contributed by atoms with Crippen LogP contribution in [0.3, 0.4) is 0 Å². The fraction of sp³-hybridized carbons (Fsp3) is 0.206. The number of rotatable bonds is 11. The number of ether oxygens (including phenoxy) is 2. The molecule has 0 saturated carbocycles. The number of hydrogen-bond donors (Lipinski definition) is 1. The van der Waals surface area contributed by atoms with Gasteiger partial charge in [0.2, 0.25) is 0 Å². The van der Waals surface area contributed by atoms with Crippen molar-refractivity contribution in [2.75, 3.05) is 6.61 Å². The second-order valence-corrected chi connectivity index (χ2v) is 10.2. The van der Waals surface area contributed by atoms with E-state index in [9.17, 15) is 9.59 Å². The maximum absolute atomic E-state index is 11.8. The van der Waals surface area contributed by atoms with Crippen LogP contribution in [-0.4, -0.2) is 23.8 Å². The highest BCUT2D eigenvalue weighted by atomic mass is 32.1. The normalized spacial score (nSPS) is 12.1. The third-order valence-corrected chi connectivity index (χ3v) is 6.83. The van der Waals surface area contributed by atoms with Crippen LogP contribution in [0.25, 0.3) is 6.08 Å². The Morgan fingerprint density at radius 3 is 2.22 bits per heavy atom. The minimum atomic E-state index is -0.303. The number of thiazole rings is 1. The van der Waals surface area contributed by atoms with Crippen molar-refractivity contribution in [1.82, 2.24) is 4.98 Å². The van der Waals surface area contributed by atoms with E-state index in [-0.39, 0.29) is 12.0 Å². The lowest BCUT2D eigenvalue weighted by Crippen LogP contribution is -2.13. The number of carbonyl (C=O) groups is 2. The predicted octanol–water partition coefficient (Wildman–Crippen LogP) is 7.38. The van der Waals surface area contributed by atoms with Gasteiger partial charge in [-0.15, -0.1) is 11.3 Å². The highest BCUT2D eigenvalue weighted by Crippen LogP contribution is 2.23. The summed E-state index contributed by atoms with van der Waals surface area (Å²) in [7, 11) is 0. The average Bonchev–Trinajstić information content (AvgIpc) is 3.46. The van der Waals surface area contributed by atoms with Crippen molar-refractivity contribution in [2.45, 2.75) is 39.8 Å². The molecule has 0 saturated heterocycles. The van der Waals surface area contributed by atoms with E-state index >= 15 is 0 Å². The Bertz CT molecular complexity index is 1430. The van der Waals surface area contributed by atoms with Crippen LogP contribution in [-0.2, 0) is 22.6 Å². The first-order valence-corrected chi connectivity index (χ1v) is 14.3. The molecule has 4 aromatic rings. The van der Waals surface area contributed by atoms with Gasteiger partial charge < -0.3 is 15.2 Å². The van der Waals surface area contributed by atoms with Crippen LogP contribution >= 0.6 is 11.3 Å². The van der Waals surface area contributed by atoms with E-state index in [1.807, 2.05) is 91.2 Å². The molecule has 0 bridgehead atoms.